The number of halogens is 2. The molecule has 0 saturated carbocycles. The molecule has 3 rings (SSSR count). The molecule has 1 N–H and O–H groups in total. The van der Waals surface area contributed by atoms with E-state index in [1.807, 2.05) is 20.9 Å². The van der Waals surface area contributed by atoms with Gasteiger partial charge in [0.2, 0.25) is 5.91 Å². The first kappa shape index (κ1) is 19.7. The summed E-state index contributed by atoms with van der Waals surface area (Å²) in [7, 11) is 1.84. The van der Waals surface area contributed by atoms with Crippen LogP contribution in [-0.2, 0) is 11.8 Å². The van der Waals surface area contributed by atoms with Gasteiger partial charge in [0.1, 0.15) is 5.75 Å². The standard InChI is InChI=1S/C19H18F2N4O2S/c1-11-13(12(2)25(3)24-11)8-9-17(26)23-19-22-15(10-28-19)14-6-4-5-7-16(14)27-18(20)21/h4-10,18H,1-3H3,(H,22,23,26)/b9-8+. The number of benzene rings is 1. The number of rotatable bonds is 6. The zero-order valence-corrected chi connectivity index (χ0v) is 16.3. The van der Waals surface area contributed by atoms with Crippen LogP contribution in [0.25, 0.3) is 17.3 Å². The van der Waals surface area contributed by atoms with Gasteiger partial charge in [0.15, 0.2) is 5.13 Å². The number of thiazole rings is 1. The first-order valence-electron chi connectivity index (χ1n) is 8.34. The zero-order valence-electron chi connectivity index (χ0n) is 15.4. The first-order valence-corrected chi connectivity index (χ1v) is 9.22. The second-order valence-corrected chi connectivity index (χ2v) is 6.80. The lowest BCUT2D eigenvalue weighted by atomic mass is 10.1. The number of hydrogen-bond acceptors (Lipinski definition) is 5. The van der Waals surface area contributed by atoms with E-state index in [1.165, 1.54) is 23.5 Å². The van der Waals surface area contributed by atoms with E-state index in [4.69, 9.17) is 0 Å². The van der Waals surface area contributed by atoms with Crippen molar-refractivity contribution in [3.05, 3.63) is 52.7 Å². The summed E-state index contributed by atoms with van der Waals surface area (Å²) < 4.78 is 31.4. The maximum Gasteiger partial charge on any atom is 0.387 e. The Morgan fingerprint density at radius 2 is 2.07 bits per heavy atom. The molecule has 28 heavy (non-hydrogen) atoms. The Hall–Kier alpha value is -3.07. The van der Waals surface area contributed by atoms with Crippen molar-refractivity contribution in [2.45, 2.75) is 20.5 Å². The molecule has 0 atom stereocenters. The van der Waals surface area contributed by atoms with Gasteiger partial charge in [0, 0.05) is 35.3 Å². The second-order valence-electron chi connectivity index (χ2n) is 5.94. The summed E-state index contributed by atoms with van der Waals surface area (Å²) in [4.78, 5) is 16.5. The van der Waals surface area contributed by atoms with Crippen LogP contribution in [0.1, 0.15) is 17.0 Å². The molecule has 6 nitrogen and oxygen atoms in total. The van der Waals surface area contributed by atoms with Crippen molar-refractivity contribution in [2.24, 2.45) is 7.05 Å². The lowest BCUT2D eigenvalue weighted by Gasteiger charge is -2.08. The van der Waals surface area contributed by atoms with Gasteiger partial charge in [0.05, 0.1) is 11.4 Å². The highest BCUT2D eigenvalue weighted by atomic mass is 32.1. The van der Waals surface area contributed by atoms with Gasteiger partial charge >= 0.3 is 6.61 Å². The van der Waals surface area contributed by atoms with E-state index in [0.29, 0.717) is 16.4 Å². The number of nitrogens with zero attached hydrogens (tertiary/aromatic N) is 3. The molecule has 0 fully saturated rings. The van der Waals surface area contributed by atoms with E-state index in [2.05, 4.69) is 20.1 Å². The van der Waals surface area contributed by atoms with E-state index in [-0.39, 0.29) is 11.7 Å². The number of aryl methyl sites for hydroxylation is 2. The lowest BCUT2D eigenvalue weighted by molar-refractivity contribution is -0.111. The minimum absolute atomic E-state index is 0.0306. The normalized spacial score (nSPS) is 11.4. The molecule has 0 aliphatic rings. The third-order valence-corrected chi connectivity index (χ3v) is 4.84. The van der Waals surface area contributed by atoms with E-state index >= 15 is 0 Å². The van der Waals surface area contributed by atoms with Crippen molar-refractivity contribution >= 4 is 28.5 Å². The van der Waals surface area contributed by atoms with Crippen LogP contribution in [-0.4, -0.2) is 27.3 Å². The molecule has 1 amide bonds. The molecule has 0 radical (unpaired) electrons. The van der Waals surface area contributed by atoms with Crippen molar-refractivity contribution in [1.82, 2.24) is 14.8 Å². The second kappa shape index (κ2) is 8.30. The summed E-state index contributed by atoms with van der Waals surface area (Å²) in [6.07, 6.45) is 3.11. The average Bonchev–Trinajstić information content (AvgIpc) is 3.18. The summed E-state index contributed by atoms with van der Waals surface area (Å²) in [5.41, 5.74) is 3.54. The Labute approximate surface area is 164 Å². The van der Waals surface area contributed by atoms with Gasteiger partial charge in [-0.1, -0.05) is 12.1 Å². The van der Waals surface area contributed by atoms with Crippen LogP contribution in [0, 0.1) is 13.8 Å². The smallest absolute Gasteiger partial charge is 0.387 e. The number of amides is 1. The third kappa shape index (κ3) is 4.42. The van der Waals surface area contributed by atoms with Crippen LogP contribution >= 0.6 is 11.3 Å². The van der Waals surface area contributed by atoms with Gasteiger partial charge in [-0.15, -0.1) is 11.3 Å². The summed E-state index contributed by atoms with van der Waals surface area (Å²) in [5, 5.41) is 9.00. The fourth-order valence-corrected chi connectivity index (χ4v) is 3.38. The first-order chi connectivity index (χ1) is 13.3. The number of nitrogens with one attached hydrogen (secondary N) is 1. The van der Waals surface area contributed by atoms with Crippen LogP contribution < -0.4 is 10.1 Å². The molecular formula is C19H18F2N4O2S. The van der Waals surface area contributed by atoms with Crippen LogP contribution in [0.5, 0.6) is 5.75 Å². The number of ether oxygens (including phenoxy) is 1. The Morgan fingerprint density at radius 1 is 1.32 bits per heavy atom. The number of anilines is 1. The quantitative estimate of drug-likeness (QED) is 0.618. The largest absolute Gasteiger partial charge is 0.434 e. The van der Waals surface area contributed by atoms with E-state index in [0.717, 1.165) is 17.0 Å². The summed E-state index contributed by atoms with van der Waals surface area (Å²) in [6.45, 7) is 0.865. The highest BCUT2D eigenvalue weighted by Crippen LogP contribution is 2.33. The molecule has 0 saturated heterocycles. The predicted molar refractivity (Wildman–Crippen MR) is 105 cm³/mol. The van der Waals surface area contributed by atoms with E-state index in [1.54, 1.807) is 34.3 Å². The monoisotopic (exact) mass is 404 g/mol. The van der Waals surface area contributed by atoms with Crippen molar-refractivity contribution in [3.63, 3.8) is 0 Å². The van der Waals surface area contributed by atoms with E-state index < -0.39 is 6.61 Å². The molecule has 3 aromatic rings. The third-order valence-electron chi connectivity index (χ3n) is 4.08. The van der Waals surface area contributed by atoms with Gasteiger partial charge in [-0.2, -0.15) is 13.9 Å². The minimum atomic E-state index is -2.93. The molecule has 146 valence electrons. The highest BCUT2D eigenvalue weighted by molar-refractivity contribution is 7.14. The van der Waals surface area contributed by atoms with Crippen molar-refractivity contribution in [1.29, 1.82) is 0 Å². The molecule has 9 heteroatoms. The molecule has 2 aromatic heterocycles. The Kier molecular flexibility index (Phi) is 5.84. The molecule has 1 aromatic carbocycles. The van der Waals surface area contributed by atoms with Gasteiger partial charge < -0.3 is 4.74 Å². The number of carbonyl (C=O) groups is 1. The highest BCUT2D eigenvalue weighted by Gasteiger charge is 2.14. The zero-order chi connectivity index (χ0) is 20.3. The van der Waals surface area contributed by atoms with Crippen LogP contribution in [0.2, 0.25) is 0 Å². The molecule has 0 bridgehead atoms. The number of hydrogen-bond donors (Lipinski definition) is 1. The van der Waals surface area contributed by atoms with Gasteiger partial charge in [-0.05, 0) is 32.1 Å². The fourth-order valence-electron chi connectivity index (χ4n) is 2.67. The lowest BCUT2D eigenvalue weighted by Crippen LogP contribution is -2.07. The van der Waals surface area contributed by atoms with Gasteiger partial charge in [-0.3, -0.25) is 14.8 Å². The van der Waals surface area contributed by atoms with Crippen LogP contribution in [0.3, 0.4) is 0 Å². The minimum Gasteiger partial charge on any atom is -0.434 e. The van der Waals surface area contributed by atoms with Crippen molar-refractivity contribution in [3.8, 4) is 17.0 Å². The molecule has 0 aliphatic carbocycles. The number of alkyl halides is 2. The fraction of sp³-hybridized carbons (Fsp3) is 0.211. The van der Waals surface area contributed by atoms with Gasteiger partial charge in [-0.25, -0.2) is 4.98 Å². The summed E-state index contributed by atoms with van der Waals surface area (Å²) in [6, 6.07) is 6.38. The molecular weight excluding hydrogens is 386 g/mol. The Morgan fingerprint density at radius 3 is 2.75 bits per heavy atom. The Balaban J connectivity index is 1.73. The van der Waals surface area contributed by atoms with Crippen LogP contribution in [0.15, 0.2) is 35.7 Å². The number of para-hydroxylation sites is 1. The van der Waals surface area contributed by atoms with E-state index in [9.17, 15) is 13.6 Å². The van der Waals surface area contributed by atoms with Crippen LogP contribution in [0.4, 0.5) is 13.9 Å². The summed E-state index contributed by atoms with van der Waals surface area (Å²) >= 11 is 1.20. The molecule has 0 aliphatic heterocycles. The maximum absolute atomic E-state index is 12.6. The predicted octanol–water partition coefficient (Wildman–Crippen LogP) is 4.41. The Bertz CT molecular complexity index is 1030. The maximum atomic E-state index is 12.6. The van der Waals surface area contributed by atoms with Crippen molar-refractivity contribution < 1.29 is 18.3 Å². The molecule has 0 unspecified atom stereocenters. The van der Waals surface area contributed by atoms with Gasteiger partial charge in [0.25, 0.3) is 0 Å². The average molecular weight is 404 g/mol. The SMILES string of the molecule is Cc1nn(C)c(C)c1/C=C/C(=O)Nc1nc(-c2ccccc2OC(F)F)cs1. The summed E-state index contributed by atoms with van der Waals surface area (Å²) in [5.74, 6) is -0.316. The van der Waals surface area contributed by atoms with Crippen molar-refractivity contribution in [2.75, 3.05) is 5.32 Å². The molecule has 0 spiro atoms. The topological polar surface area (TPSA) is 69.0 Å². The number of aromatic nitrogens is 3. The number of carbonyl (C=O) groups excluding carboxylic acids is 1. The molecule has 2 heterocycles.